The zero-order chi connectivity index (χ0) is 21.3. The molecule has 4 aromatic rings. The summed E-state index contributed by atoms with van der Waals surface area (Å²) in [5.41, 5.74) is 0.866. The highest BCUT2D eigenvalue weighted by molar-refractivity contribution is 7.99. The number of anilines is 1. The molecule has 0 aliphatic heterocycles. The van der Waals surface area contributed by atoms with Gasteiger partial charge in [0.25, 0.3) is 5.56 Å². The Morgan fingerprint density at radius 2 is 2.00 bits per heavy atom. The number of benzene rings is 2. The molecule has 0 atom stereocenters. The Hall–Kier alpha value is -2.53. The van der Waals surface area contributed by atoms with Crippen molar-refractivity contribution in [2.24, 2.45) is 0 Å². The van der Waals surface area contributed by atoms with Crippen LogP contribution in [0.2, 0.25) is 5.02 Å². The molecular formula is C19H12ClFN4O2S3. The van der Waals surface area contributed by atoms with E-state index in [1.807, 2.05) is 0 Å². The Bertz CT molecular complexity index is 1360. The monoisotopic (exact) mass is 478 g/mol. The molecule has 0 spiro atoms. The van der Waals surface area contributed by atoms with Gasteiger partial charge in [0.05, 0.1) is 11.4 Å². The van der Waals surface area contributed by atoms with Gasteiger partial charge in [0.15, 0.2) is 14.8 Å². The summed E-state index contributed by atoms with van der Waals surface area (Å²) < 4.78 is 16.2. The van der Waals surface area contributed by atoms with Gasteiger partial charge in [-0.1, -0.05) is 46.8 Å². The largest absolute Gasteiger partial charge is 0.323 e. The highest BCUT2D eigenvalue weighted by Crippen LogP contribution is 2.25. The fourth-order valence-corrected chi connectivity index (χ4v) is 4.72. The van der Waals surface area contributed by atoms with Crippen LogP contribution in [-0.4, -0.2) is 26.2 Å². The second kappa shape index (κ2) is 8.68. The van der Waals surface area contributed by atoms with Crippen LogP contribution >= 0.6 is 46.9 Å². The molecule has 2 N–H and O–H groups in total. The van der Waals surface area contributed by atoms with E-state index in [-0.39, 0.29) is 22.2 Å². The highest BCUT2D eigenvalue weighted by atomic mass is 35.5. The summed E-state index contributed by atoms with van der Waals surface area (Å²) >= 11 is 13.5. The van der Waals surface area contributed by atoms with Crippen molar-refractivity contribution < 1.29 is 9.18 Å². The number of carbonyl (C=O) groups is 1. The molecule has 1 amide bonds. The maximum absolute atomic E-state index is 13.7. The third kappa shape index (κ3) is 4.31. The molecule has 2 aromatic carbocycles. The molecule has 0 bridgehead atoms. The van der Waals surface area contributed by atoms with Crippen molar-refractivity contribution >= 4 is 68.9 Å². The minimum absolute atomic E-state index is 0.0609. The van der Waals surface area contributed by atoms with E-state index in [0.29, 0.717) is 19.3 Å². The molecule has 0 aliphatic carbocycles. The summed E-state index contributed by atoms with van der Waals surface area (Å²) in [4.78, 5) is 31.8. The second-order valence-electron chi connectivity index (χ2n) is 6.02. The van der Waals surface area contributed by atoms with Crippen molar-refractivity contribution in [2.45, 2.75) is 5.16 Å². The number of H-pyrrole nitrogens is 1. The normalized spacial score (nSPS) is 11.0. The average Bonchev–Trinajstić information content (AvgIpc) is 3.05. The van der Waals surface area contributed by atoms with Gasteiger partial charge in [-0.05, 0) is 48.6 Å². The van der Waals surface area contributed by atoms with Crippen LogP contribution in [0, 0.1) is 9.77 Å². The van der Waals surface area contributed by atoms with Crippen molar-refractivity contribution in [1.82, 2.24) is 14.5 Å². The number of fused-ring (bicyclic) bond motifs is 1. The molecule has 0 aliphatic rings. The van der Waals surface area contributed by atoms with Crippen LogP contribution in [-0.2, 0) is 4.79 Å². The van der Waals surface area contributed by atoms with Crippen molar-refractivity contribution in [3.05, 3.63) is 73.7 Å². The Balaban J connectivity index is 1.61. The number of thioether (sulfide) groups is 1. The van der Waals surface area contributed by atoms with Crippen LogP contribution in [0.25, 0.3) is 16.0 Å². The van der Waals surface area contributed by atoms with Crippen LogP contribution in [0.15, 0.2) is 58.5 Å². The Labute approximate surface area is 187 Å². The number of aromatic nitrogens is 3. The number of nitrogens with zero attached hydrogens (tertiary/aromatic N) is 2. The van der Waals surface area contributed by atoms with Gasteiger partial charge < -0.3 is 10.3 Å². The molecule has 2 heterocycles. The first-order chi connectivity index (χ1) is 14.4. The molecule has 152 valence electrons. The van der Waals surface area contributed by atoms with E-state index < -0.39 is 11.7 Å². The third-order valence-electron chi connectivity index (χ3n) is 3.99. The first-order valence-corrected chi connectivity index (χ1v) is 11.1. The van der Waals surface area contributed by atoms with E-state index in [2.05, 4.69) is 15.3 Å². The molecule has 0 saturated carbocycles. The molecular weight excluding hydrogens is 467 g/mol. The maximum atomic E-state index is 13.7. The van der Waals surface area contributed by atoms with Gasteiger partial charge in [-0.25, -0.2) is 9.37 Å². The summed E-state index contributed by atoms with van der Waals surface area (Å²) in [6, 6.07) is 12.9. The van der Waals surface area contributed by atoms with Gasteiger partial charge in [0.2, 0.25) is 5.91 Å². The lowest BCUT2D eigenvalue weighted by Gasteiger charge is -2.07. The predicted molar refractivity (Wildman–Crippen MR) is 121 cm³/mol. The van der Waals surface area contributed by atoms with E-state index in [1.165, 1.54) is 18.2 Å². The average molecular weight is 479 g/mol. The zero-order valence-corrected chi connectivity index (χ0v) is 18.2. The number of amides is 1. The minimum Gasteiger partial charge on any atom is -0.323 e. The summed E-state index contributed by atoms with van der Waals surface area (Å²) in [5.74, 6) is -1.01. The topological polar surface area (TPSA) is 79.8 Å². The fraction of sp³-hybridized carbons (Fsp3) is 0.0526. The van der Waals surface area contributed by atoms with E-state index in [9.17, 15) is 14.0 Å². The van der Waals surface area contributed by atoms with Gasteiger partial charge in [-0.15, -0.1) is 0 Å². The number of aromatic amines is 1. The molecule has 0 radical (unpaired) electrons. The fourth-order valence-electron chi connectivity index (χ4n) is 2.66. The number of nitrogens with one attached hydrogen (secondary N) is 2. The Morgan fingerprint density at radius 1 is 1.27 bits per heavy atom. The number of halogens is 2. The number of hydrogen-bond donors (Lipinski definition) is 2. The molecule has 6 nitrogen and oxygen atoms in total. The third-order valence-corrected chi connectivity index (χ3v) is 6.48. The van der Waals surface area contributed by atoms with Crippen LogP contribution in [0.1, 0.15) is 0 Å². The predicted octanol–water partition coefficient (Wildman–Crippen LogP) is 5.03. The van der Waals surface area contributed by atoms with Crippen LogP contribution in [0.3, 0.4) is 0 Å². The van der Waals surface area contributed by atoms with Crippen LogP contribution < -0.4 is 10.9 Å². The first-order valence-electron chi connectivity index (χ1n) is 8.51. The van der Waals surface area contributed by atoms with Crippen molar-refractivity contribution in [3.63, 3.8) is 0 Å². The van der Waals surface area contributed by atoms with Crippen LogP contribution in [0.4, 0.5) is 10.1 Å². The molecule has 0 unspecified atom stereocenters. The lowest BCUT2D eigenvalue weighted by atomic mass is 10.3. The van der Waals surface area contributed by atoms with Crippen molar-refractivity contribution in [3.8, 4) is 5.69 Å². The molecule has 4 rings (SSSR count). The number of hydrogen-bond acceptors (Lipinski definition) is 6. The number of rotatable bonds is 5. The van der Waals surface area contributed by atoms with Gasteiger partial charge in [-0.3, -0.25) is 14.2 Å². The number of thiazole rings is 1. The molecule has 11 heteroatoms. The van der Waals surface area contributed by atoms with E-state index in [4.69, 9.17) is 23.8 Å². The highest BCUT2D eigenvalue weighted by Gasteiger charge is 2.15. The minimum atomic E-state index is -0.524. The quantitative estimate of drug-likeness (QED) is 0.239. The summed E-state index contributed by atoms with van der Waals surface area (Å²) in [5, 5.41) is 3.32. The summed E-state index contributed by atoms with van der Waals surface area (Å²) in [6.45, 7) is 0. The molecule has 30 heavy (non-hydrogen) atoms. The van der Waals surface area contributed by atoms with Crippen molar-refractivity contribution in [1.29, 1.82) is 0 Å². The lowest BCUT2D eigenvalue weighted by molar-refractivity contribution is -0.113. The smallest absolute Gasteiger partial charge is 0.271 e. The maximum Gasteiger partial charge on any atom is 0.271 e. The molecule has 2 aromatic heterocycles. The molecule has 0 saturated heterocycles. The van der Waals surface area contributed by atoms with Crippen molar-refractivity contribution in [2.75, 3.05) is 11.1 Å². The van der Waals surface area contributed by atoms with E-state index >= 15 is 0 Å². The van der Waals surface area contributed by atoms with Gasteiger partial charge in [0.1, 0.15) is 10.5 Å². The SMILES string of the molecule is O=C(CSc1nc2c(sc(=S)n2-c2ccc(Cl)cc2)c(=O)[nH]1)Nc1ccccc1F. The lowest BCUT2D eigenvalue weighted by Crippen LogP contribution is -2.16. The summed E-state index contributed by atoms with van der Waals surface area (Å²) in [7, 11) is 0. The Morgan fingerprint density at radius 3 is 2.73 bits per heavy atom. The van der Waals surface area contributed by atoms with Gasteiger partial charge in [-0.2, -0.15) is 0 Å². The van der Waals surface area contributed by atoms with Gasteiger partial charge in [0, 0.05) is 10.7 Å². The Kier molecular flexibility index (Phi) is 6.00. The van der Waals surface area contributed by atoms with Gasteiger partial charge >= 0.3 is 0 Å². The second-order valence-corrected chi connectivity index (χ2v) is 9.06. The van der Waals surface area contributed by atoms with E-state index in [1.54, 1.807) is 34.9 Å². The molecule has 0 fully saturated rings. The number of para-hydroxylation sites is 1. The standard InChI is InChI=1S/C19H12ClFN4O2S3/c20-10-5-7-11(8-6-10)25-16-15(30-19(25)28)17(27)24-18(23-16)29-9-14(26)22-13-4-2-1-3-12(13)21/h1-8H,9H2,(H,22,26)(H,23,24,27). The summed E-state index contributed by atoms with van der Waals surface area (Å²) in [6.07, 6.45) is 0. The number of carbonyl (C=O) groups excluding carboxylic acids is 1. The van der Waals surface area contributed by atoms with Crippen LogP contribution in [0.5, 0.6) is 0 Å². The van der Waals surface area contributed by atoms with E-state index in [0.717, 1.165) is 28.8 Å². The first kappa shape index (κ1) is 20.7. The zero-order valence-electron chi connectivity index (χ0n) is 15.0.